The number of unbranched alkanes of at least 4 members (excludes halogenated alkanes) is 7. The van der Waals surface area contributed by atoms with Crippen LogP contribution in [0.15, 0.2) is 0 Å². The second-order valence-electron chi connectivity index (χ2n) is 4.69. The van der Waals surface area contributed by atoms with Crippen LogP contribution in [0.4, 0.5) is 13.2 Å². The van der Waals surface area contributed by atoms with Crippen LogP contribution >= 0.6 is 0 Å². The van der Waals surface area contributed by atoms with E-state index in [0.29, 0.717) is 19.3 Å². The molecule has 0 aromatic carbocycles. The molecule has 19 heavy (non-hydrogen) atoms. The fraction of sp³-hybridized carbons (Fsp3) is 1.00. The van der Waals surface area contributed by atoms with Crippen molar-refractivity contribution in [2.45, 2.75) is 69.5 Å². The van der Waals surface area contributed by atoms with Gasteiger partial charge in [-0.1, -0.05) is 44.9 Å². The SMILES string of the molecule is O=S(=O)(O)C(F)C(F)CCCCCCCCCCF. The van der Waals surface area contributed by atoms with Crippen molar-refractivity contribution in [2.75, 3.05) is 6.67 Å². The Morgan fingerprint density at radius 2 is 1.26 bits per heavy atom. The fourth-order valence-electron chi connectivity index (χ4n) is 1.81. The molecule has 0 radical (unpaired) electrons. The number of alkyl halides is 3. The van der Waals surface area contributed by atoms with Gasteiger partial charge in [0.25, 0.3) is 5.50 Å². The zero-order valence-corrected chi connectivity index (χ0v) is 11.8. The number of halogens is 3. The minimum atomic E-state index is -4.93. The van der Waals surface area contributed by atoms with Crippen molar-refractivity contribution >= 4 is 10.1 Å². The van der Waals surface area contributed by atoms with E-state index in [1.165, 1.54) is 0 Å². The third kappa shape index (κ3) is 10.2. The van der Waals surface area contributed by atoms with E-state index in [1.807, 2.05) is 0 Å². The van der Waals surface area contributed by atoms with Crippen molar-refractivity contribution in [3.63, 3.8) is 0 Å². The molecule has 0 aliphatic carbocycles. The quantitative estimate of drug-likeness (QED) is 0.438. The highest BCUT2D eigenvalue weighted by molar-refractivity contribution is 7.86. The van der Waals surface area contributed by atoms with Crippen LogP contribution in [-0.4, -0.2) is 31.3 Å². The van der Waals surface area contributed by atoms with E-state index in [1.54, 1.807) is 0 Å². The summed E-state index contributed by atoms with van der Waals surface area (Å²) in [5.41, 5.74) is -2.84. The molecule has 0 aliphatic heterocycles. The van der Waals surface area contributed by atoms with Crippen molar-refractivity contribution in [1.29, 1.82) is 0 Å². The number of rotatable bonds is 12. The molecule has 0 amide bonds. The van der Waals surface area contributed by atoms with Crippen LogP contribution in [0, 0.1) is 0 Å². The lowest BCUT2D eigenvalue weighted by Crippen LogP contribution is -2.26. The summed E-state index contributed by atoms with van der Waals surface area (Å²) in [5.74, 6) is 0. The normalized spacial score (nSPS) is 15.4. The second kappa shape index (κ2) is 10.5. The van der Waals surface area contributed by atoms with Gasteiger partial charge in [0.05, 0.1) is 6.67 Å². The summed E-state index contributed by atoms with van der Waals surface area (Å²) in [7, 11) is -4.93. The first-order valence-electron chi connectivity index (χ1n) is 6.70. The molecule has 0 aliphatic rings. The zero-order chi connectivity index (χ0) is 14.7. The maximum absolute atomic E-state index is 13.1. The van der Waals surface area contributed by atoms with E-state index in [2.05, 4.69) is 0 Å². The third-order valence-corrected chi connectivity index (χ3v) is 3.80. The fourth-order valence-corrected chi connectivity index (χ4v) is 2.32. The predicted molar refractivity (Wildman–Crippen MR) is 68.9 cm³/mol. The van der Waals surface area contributed by atoms with Crippen LogP contribution < -0.4 is 0 Å². The average Bonchev–Trinajstić information content (AvgIpc) is 2.34. The second-order valence-corrected chi connectivity index (χ2v) is 6.17. The van der Waals surface area contributed by atoms with Crippen molar-refractivity contribution < 1.29 is 26.1 Å². The Hall–Kier alpha value is -0.300. The Morgan fingerprint density at radius 1 is 0.842 bits per heavy atom. The Kier molecular flexibility index (Phi) is 10.3. The Bertz CT molecular complexity index is 309. The average molecular weight is 304 g/mol. The van der Waals surface area contributed by atoms with Gasteiger partial charge in [-0.3, -0.25) is 8.94 Å². The van der Waals surface area contributed by atoms with Gasteiger partial charge in [0.2, 0.25) is 0 Å². The highest BCUT2D eigenvalue weighted by Crippen LogP contribution is 2.18. The van der Waals surface area contributed by atoms with Crippen molar-refractivity contribution in [3.05, 3.63) is 0 Å². The standard InChI is InChI=1S/C12H23F3O3S/c13-10-8-6-4-2-1-3-5-7-9-11(14)12(15)19(16,17)18/h11-12H,1-10H2,(H,16,17,18). The predicted octanol–water partition coefficient (Wildman–Crippen LogP) is 3.99. The highest BCUT2D eigenvalue weighted by Gasteiger charge is 2.31. The summed E-state index contributed by atoms with van der Waals surface area (Å²) in [6, 6.07) is 0. The molecular formula is C12H23F3O3S. The summed E-state index contributed by atoms with van der Waals surface area (Å²) < 4.78 is 66.7. The van der Waals surface area contributed by atoms with Gasteiger partial charge in [-0.05, 0) is 12.8 Å². The van der Waals surface area contributed by atoms with E-state index in [9.17, 15) is 21.6 Å². The summed E-state index contributed by atoms with van der Waals surface area (Å²) in [4.78, 5) is 0. The molecule has 2 unspecified atom stereocenters. The molecule has 0 fully saturated rings. The van der Waals surface area contributed by atoms with Gasteiger partial charge >= 0.3 is 10.1 Å². The summed E-state index contributed by atoms with van der Waals surface area (Å²) >= 11 is 0. The number of hydrogen-bond acceptors (Lipinski definition) is 2. The minimum Gasteiger partial charge on any atom is -0.283 e. The van der Waals surface area contributed by atoms with E-state index in [-0.39, 0.29) is 13.1 Å². The maximum atomic E-state index is 13.1. The van der Waals surface area contributed by atoms with E-state index in [4.69, 9.17) is 4.55 Å². The van der Waals surface area contributed by atoms with Crippen LogP contribution in [0.2, 0.25) is 0 Å². The highest BCUT2D eigenvalue weighted by atomic mass is 32.2. The first-order valence-corrected chi connectivity index (χ1v) is 8.20. The molecule has 0 aromatic heterocycles. The van der Waals surface area contributed by atoms with Gasteiger partial charge in [0.15, 0.2) is 0 Å². The first-order chi connectivity index (χ1) is 8.89. The summed E-state index contributed by atoms with van der Waals surface area (Å²) in [6.07, 6.45) is 3.98. The molecule has 0 bridgehead atoms. The van der Waals surface area contributed by atoms with Crippen LogP contribution in [0.25, 0.3) is 0 Å². The molecule has 116 valence electrons. The third-order valence-electron chi connectivity index (χ3n) is 2.93. The Balaban J connectivity index is 3.44. The van der Waals surface area contributed by atoms with Gasteiger partial charge in [-0.15, -0.1) is 0 Å². The molecule has 7 heteroatoms. The molecule has 0 spiro atoms. The number of hydrogen-bond donors (Lipinski definition) is 1. The molecule has 0 aromatic rings. The molecule has 0 heterocycles. The van der Waals surface area contributed by atoms with Crippen LogP contribution in [0.3, 0.4) is 0 Å². The monoisotopic (exact) mass is 304 g/mol. The van der Waals surface area contributed by atoms with Gasteiger partial charge in [0.1, 0.15) is 6.17 Å². The summed E-state index contributed by atoms with van der Waals surface area (Å²) in [5, 5.41) is 0. The first kappa shape index (κ1) is 18.7. The van der Waals surface area contributed by atoms with E-state index >= 15 is 0 Å². The van der Waals surface area contributed by atoms with E-state index in [0.717, 1.165) is 32.1 Å². The lowest BCUT2D eigenvalue weighted by atomic mass is 10.1. The van der Waals surface area contributed by atoms with Crippen LogP contribution in [0.1, 0.15) is 57.8 Å². The van der Waals surface area contributed by atoms with Crippen molar-refractivity contribution in [3.8, 4) is 0 Å². The largest absolute Gasteiger partial charge is 0.300 e. The minimum absolute atomic E-state index is 0.206. The molecule has 1 N–H and O–H groups in total. The topological polar surface area (TPSA) is 54.4 Å². The zero-order valence-electron chi connectivity index (χ0n) is 11.0. The summed E-state index contributed by atoms with van der Waals surface area (Å²) in [6.45, 7) is -0.282. The smallest absolute Gasteiger partial charge is 0.283 e. The van der Waals surface area contributed by atoms with Crippen molar-refractivity contribution in [2.24, 2.45) is 0 Å². The molecule has 0 saturated heterocycles. The van der Waals surface area contributed by atoms with Gasteiger partial charge in [-0.2, -0.15) is 8.42 Å². The Morgan fingerprint density at radius 3 is 1.68 bits per heavy atom. The van der Waals surface area contributed by atoms with Crippen LogP contribution in [0.5, 0.6) is 0 Å². The van der Waals surface area contributed by atoms with Gasteiger partial charge < -0.3 is 0 Å². The Labute approximate surface area is 113 Å². The molecular weight excluding hydrogens is 281 g/mol. The molecule has 3 nitrogen and oxygen atoms in total. The van der Waals surface area contributed by atoms with Crippen LogP contribution in [-0.2, 0) is 10.1 Å². The van der Waals surface area contributed by atoms with Gasteiger partial charge in [-0.25, -0.2) is 8.78 Å². The lowest BCUT2D eigenvalue weighted by Gasteiger charge is -2.10. The van der Waals surface area contributed by atoms with E-state index < -0.39 is 21.8 Å². The maximum Gasteiger partial charge on any atom is 0.300 e. The molecule has 0 rings (SSSR count). The van der Waals surface area contributed by atoms with Gasteiger partial charge in [0, 0.05) is 0 Å². The molecule has 2 atom stereocenters. The molecule has 0 saturated carbocycles. The van der Waals surface area contributed by atoms with Crippen molar-refractivity contribution in [1.82, 2.24) is 0 Å². The lowest BCUT2D eigenvalue weighted by molar-refractivity contribution is 0.200.